The largest absolute Gasteiger partial charge is 0.355 e. The number of carbonyl (C=O) groups excluding carboxylic acids is 2. The molecule has 2 fully saturated rings. The number of piperidine rings is 1. The molecule has 90 valence electrons. The van der Waals surface area contributed by atoms with E-state index in [1.54, 1.807) is 0 Å². The molecule has 0 aromatic rings. The summed E-state index contributed by atoms with van der Waals surface area (Å²) in [5, 5.41) is 5.77. The summed E-state index contributed by atoms with van der Waals surface area (Å²) in [4.78, 5) is 23.4. The van der Waals surface area contributed by atoms with E-state index in [2.05, 4.69) is 10.6 Å². The molecule has 2 N–H and O–H groups in total. The van der Waals surface area contributed by atoms with Gasteiger partial charge in [-0.1, -0.05) is 19.3 Å². The van der Waals surface area contributed by atoms with Gasteiger partial charge in [0, 0.05) is 12.6 Å². The van der Waals surface area contributed by atoms with Gasteiger partial charge in [-0.2, -0.15) is 0 Å². The zero-order valence-electron chi connectivity index (χ0n) is 9.63. The first-order chi connectivity index (χ1) is 7.77. The van der Waals surface area contributed by atoms with E-state index in [0.717, 1.165) is 19.3 Å². The van der Waals surface area contributed by atoms with E-state index in [9.17, 15) is 9.59 Å². The fourth-order valence-electron chi connectivity index (χ4n) is 2.57. The van der Waals surface area contributed by atoms with Gasteiger partial charge in [-0.05, 0) is 25.7 Å². The molecule has 0 unspecified atom stereocenters. The lowest BCUT2D eigenvalue weighted by Crippen LogP contribution is -2.48. The number of hydrogen-bond donors (Lipinski definition) is 2. The van der Waals surface area contributed by atoms with Crippen molar-refractivity contribution >= 4 is 11.8 Å². The van der Waals surface area contributed by atoms with E-state index in [4.69, 9.17) is 0 Å². The Bertz CT molecular complexity index is 272. The number of hydrogen-bond acceptors (Lipinski definition) is 2. The van der Waals surface area contributed by atoms with Gasteiger partial charge in [0.15, 0.2) is 0 Å². The van der Waals surface area contributed by atoms with Crippen LogP contribution in [0, 0.1) is 5.92 Å². The van der Waals surface area contributed by atoms with Crippen molar-refractivity contribution in [2.24, 2.45) is 5.92 Å². The third kappa shape index (κ3) is 2.74. The van der Waals surface area contributed by atoms with E-state index in [0.29, 0.717) is 19.0 Å². The summed E-state index contributed by atoms with van der Waals surface area (Å²) in [6, 6.07) is 0.302. The monoisotopic (exact) mass is 224 g/mol. The number of rotatable bonds is 2. The Morgan fingerprint density at radius 1 is 1.12 bits per heavy atom. The summed E-state index contributed by atoms with van der Waals surface area (Å²) >= 11 is 0. The summed E-state index contributed by atoms with van der Waals surface area (Å²) in [5.41, 5.74) is 0. The number of nitrogens with one attached hydrogen (secondary N) is 2. The maximum Gasteiger partial charge on any atom is 0.232 e. The average molecular weight is 224 g/mol. The minimum Gasteiger partial charge on any atom is -0.355 e. The molecule has 0 aromatic heterocycles. The molecule has 4 heteroatoms. The molecule has 0 spiro atoms. The van der Waals surface area contributed by atoms with Gasteiger partial charge in [0.25, 0.3) is 0 Å². The zero-order chi connectivity index (χ0) is 11.4. The summed E-state index contributed by atoms with van der Waals surface area (Å²) < 4.78 is 0. The normalized spacial score (nSPS) is 27.2. The Morgan fingerprint density at radius 3 is 2.56 bits per heavy atom. The summed E-state index contributed by atoms with van der Waals surface area (Å²) in [6.45, 7) is 0.714. The van der Waals surface area contributed by atoms with Crippen LogP contribution < -0.4 is 10.6 Å². The van der Waals surface area contributed by atoms with Gasteiger partial charge in [-0.3, -0.25) is 9.59 Å². The molecule has 2 amide bonds. The minimum absolute atomic E-state index is 0.0656. The lowest BCUT2D eigenvalue weighted by Gasteiger charge is -2.26. The molecular weight excluding hydrogens is 204 g/mol. The first-order valence-electron chi connectivity index (χ1n) is 6.35. The molecule has 4 nitrogen and oxygen atoms in total. The van der Waals surface area contributed by atoms with Crippen molar-refractivity contribution in [2.45, 2.75) is 51.0 Å². The smallest absolute Gasteiger partial charge is 0.232 e. The van der Waals surface area contributed by atoms with Gasteiger partial charge in [-0.25, -0.2) is 0 Å². The van der Waals surface area contributed by atoms with Crippen molar-refractivity contribution in [1.82, 2.24) is 10.6 Å². The van der Waals surface area contributed by atoms with Crippen molar-refractivity contribution in [3.05, 3.63) is 0 Å². The van der Waals surface area contributed by atoms with Crippen LogP contribution in [0.3, 0.4) is 0 Å². The Kier molecular flexibility index (Phi) is 3.80. The fourth-order valence-corrected chi connectivity index (χ4v) is 2.57. The Hall–Kier alpha value is -1.06. The Balaban J connectivity index is 1.83. The second-order valence-electron chi connectivity index (χ2n) is 4.83. The molecule has 1 saturated carbocycles. The van der Waals surface area contributed by atoms with Crippen LogP contribution in [0.4, 0.5) is 0 Å². The van der Waals surface area contributed by atoms with Crippen LogP contribution in [-0.4, -0.2) is 24.4 Å². The van der Waals surface area contributed by atoms with Crippen molar-refractivity contribution in [3.8, 4) is 0 Å². The number of amides is 2. The second kappa shape index (κ2) is 5.32. The van der Waals surface area contributed by atoms with Gasteiger partial charge in [0.05, 0.1) is 0 Å². The van der Waals surface area contributed by atoms with Crippen LogP contribution in [-0.2, 0) is 9.59 Å². The van der Waals surface area contributed by atoms with Crippen molar-refractivity contribution in [3.63, 3.8) is 0 Å². The molecule has 1 atom stereocenters. The van der Waals surface area contributed by atoms with Gasteiger partial charge in [0.2, 0.25) is 11.8 Å². The minimum atomic E-state index is -0.448. The van der Waals surface area contributed by atoms with Crippen molar-refractivity contribution in [1.29, 1.82) is 0 Å². The molecule has 16 heavy (non-hydrogen) atoms. The molecular formula is C12H20N2O2. The predicted octanol–water partition coefficient (Wildman–Crippen LogP) is 0.961. The van der Waals surface area contributed by atoms with Gasteiger partial charge < -0.3 is 10.6 Å². The SMILES string of the molecule is O=C1NCCC[C@H]1C(=O)NC1CCCCC1. The number of carbonyl (C=O) groups is 2. The van der Waals surface area contributed by atoms with E-state index in [-0.39, 0.29) is 11.8 Å². The maximum atomic E-state index is 11.9. The highest BCUT2D eigenvalue weighted by atomic mass is 16.2. The van der Waals surface area contributed by atoms with Crippen LogP contribution in [0.25, 0.3) is 0 Å². The topological polar surface area (TPSA) is 58.2 Å². The molecule has 1 aliphatic carbocycles. The molecule has 1 saturated heterocycles. The molecule has 1 aliphatic heterocycles. The first kappa shape index (κ1) is 11.4. The van der Waals surface area contributed by atoms with Gasteiger partial charge in [-0.15, -0.1) is 0 Å². The van der Waals surface area contributed by atoms with Gasteiger partial charge >= 0.3 is 0 Å². The van der Waals surface area contributed by atoms with Gasteiger partial charge in [0.1, 0.15) is 5.92 Å². The molecule has 2 rings (SSSR count). The summed E-state index contributed by atoms with van der Waals surface area (Å²) in [5.74, 6) is -0.612. The summed E-state index contributed by atoms with van der Waals surface area (Å²) in [7, 11) is 0. The highest BCUT2D eigenvalue weighted by Gasteiger charge is 2.30. The predicted molar refractivity (Wildman–Crippen MR) is 60.7 cm³/mol. The van der Waals surface area contributed by atoms with Crippen LogP contribution >= 0.6 is 0 Å². The van der Waals surface area contributed by atoms with Crippen LogP contribution in [0.2, 0.25) is 0 Å². The van der Waals surface area contributed by atoms with Crippen LogP contribution in [0.15, 0.2) is 0 Å². The molecule has 0 bridgehead atoms. The molecule has 2 aliphatic rings. The van der Waals surface area contributed by atoms with Crippen molar-refractivity contribution in [2.75, 3.05) is 6.54 Å². The summed E-state index contributed by atoms with van der Waals surface area (Å²) in [6.07, 6.45) is 7.42. The van der Waals surface area contributed by atoms with Crippen molar-refractivity contribution < 1.29 is 9.59 Å². The third-order valence-corrected chi connectivity index (χ3v) is 3.55. The van der Waals surface area contributed by atoms with E-state index in [1.165, 1.54) is 19.3 Å². The Morgan fingerprint density at radius 2 is 1.88 bits per heavy atom. The van der Waals surface area contributed by atoms with Crippen LogP contribution in [0.5, 0.6) is 0 Å². The highest BCUT2D eigenvalue weighted by molar-refractivity contribution is 6.00. The standard InChI is InChI=1S/C12H20N2O2/c15-11-10(7-4-8-13-11)12(16)14-9-5-2-1-3-6-9/h9-10H,1-8H2,(H,13,15)(H,14,16)/t10-/m1/s1. The maximum absolute atomic E-state index is 11.9. The second-order valence-corrected chi connectivity index (χ2v) is 4.83. The molecule has 1 heterocycles. The average Bonchev–Trinajstić information content (AvgIpc) is 2.31. The lowest BCUT2D eigenvalue weighted by molar-refractivity contribution is -0.137. The highest BCUT2D eigenvalue weighted by Crippen LogP contribution is 2.19. The van der Waals surface area contributed by atoms with E-state index in [1.807, 2.05) is 0 Å². The van der Waals surface area contributed by atoms with Crippen LogP contribution in [0.1, 0.15) is 44.9 Å². The lowest BCUT2D eigenvalue weighted by atomic mass is 9.93. The first-order valence-corrected chi connectivity index (χ1v) is 6.35. The third-order valence-electron chi connectivity index (χ3n) is 3.55. The van der Waals surface area contributed by atoms with E-state index >= 15 is 0 Å². The molecule has 0 aromatic carbocycles. The van der Waals surface area contributed by atoms with E-state index < -0.39 is 5.92 Å². The zero-order valence-corrected chi connectivity index (χ0v) is 9.63. The fraction of sp³-hybridized carbons (Fsp3) is 0.833. The Labute approximate surface area is 96.2 Å². The molecule has 0 radical (unpaired) electrons. The quantitative estimate of drug-likeness (QED) is 0.686.